The third-order valence-corrected chi connectivity index (χ3v) is 7.95. The molecule has 0 fully saturated rings. The van der Waals surface area contributed by atoms with Gasteiger partial charge in [0.05, 0.1) is 22.2 Å². The van der Waals surface area contributed by atoms with Crippen LogP contribution < -0.4 is 5.73 Å². The van der Waals surface area contributed by atoms with Crippen LogP contribution in [0.5, 0.6) is 0 Å². The summed E-state index contributed by atoms with van der Waals surface area (Å²) in [6.45, 7) is 3.57. The zero-order valence-corrected chi connectivity index (χ0v) is 19.9. The minimum absolute atomic E-state index is 0.0752. The molecule has 0 radical (unpaired) electrons. The number of amides is 1. The first-order valence-electron chi connectivity index (χ1n) is 11.7. The molecule has 5 nitrogen and oxygen atoms in total. The van der Waals surface area contributed by atoms with Crippen molar-refractivity contribution in [3.05, 3.63) is 94.6 Å². The fourth-order valence-electron chi connectivity index (χ4n) is 5.30. The average Bonchev–Trinajstić information content (AvgIpc) is 3.44. The van der Waals surface area contributed by atoms with Crippen molar-refractivity contribution in [2.75, 3.05) is 12.3 Å². The zero-order chi connectivity index (χ0) is 23.2. The monoisotopic (exact) mass is 466 g/mol. The molecule has 6 rings (SSSR count). The Morgan fingerprint density at radius 2 is 1.82 bits per heavy atom. The van der Waals surface area contributed by atoms with E-state index in [-0.39, 0.29) is 11.9 Å². The Labute approximate surface area is 202 Å². The highest BCUT2D eigenvalue weighted by Crippen LogP contribution is 2.39. The highest BCUT2D eigenvalue weighted by molar-refractivity contribution is 7.15. The Morgan fingerprint density at radius 3 is 2.68 bits per heavy atom. The molecule has 1 aliphatic rings. The number of nitrogen functional groups attached to an aromatic ring is 1. The number of thiazole rings is 1. The van der Waals surface area contributed by atoms with Gasteiger partial charge in [0.25, 0.3) is 5.91 Å². The van der Waals surface area contributed by atoms with Crippen molar-refractivity contribution in [3.8, 4) is 0 Å². The molecule has 1 unspecified atom stereocenters. The van der Waals surface area contributed by atoms with Crippen molar-refractivity contribution in [1.82, 2.24) is 14.5 Å². The number of benzene rings is 3. The molecule has 1 aliphatic heterocycles. The summed E-state index contributed by atoms with van der Waals surface area (Å²) in [6.07, 6.45) is 3.47. The molecular formula is C28H26N4OS. The van der Waals surface area contributed by atoms with E-state index < -0.39 is 0 Å². The number of aromatic nitrogens is 2. The molecule has 0 saturated heterocycles. The van der Waals surface area contributed by atoms with Gasteiger partial charge in [0.15, 0.2) is 5.13 Å². The number of rotatable bonds is 4. The number of aryl methyl sites for hydroxylation is 1. The SMILES string of the molecule is CCn1cc(C(=O)N2CCc3nc(N)sc3C2Cc2cccc3ccccc23)c2ccccc21. The number of hydrogen-bond donors (Lipinski definition) is 1. The number of carbonyl (C=O) groups excluding carboxylic acids is 1. The van der Waals surface area contributed by atoms with Crippen LogP contribution in [0.4, 0.5) is 5.13 Å². The van der Waals surface area contributed by atoms with Gasteiger partial charge < -0.3 is 15.2 Å². The fourth-order valence-corrected chi connectivity index (χ4v) is 6.30. The summed E-state index contributed by atoms with van der Waals surface area (Å²) in [5, 5.41) is 4.02. The molecule has 2 aromatic heterocycles. The highest BCUT2D eigenvalue weighted by atomic mass is 32.1. The van der Waals surface area contributed by atoms with Gasteiger partial charge in [-0.15, -0.1) is 0 Å². The van der Waals surface area contributed by atoms with E-state index in [9.17, 15) is 4.79 Å². The lowest BCUT2D eigenvalue weighted by atomic mass is 9.93. The van der Waals surface area contributed by atoms with Crippen LogP contribution in [0.25, 0.3) is 21.7 Å². The summed E-state index contributed by atoms with van der Waals surface area (Å²) in [7, 11) is 0. The maximum absolute atomic E-state index is 14.1. The predicted octanol–water partition coefficient (Wildman–Crippen LogP) is 5.84. The summed E-state index contributed by atoms with van der Waals surface area (Å²) in [5.41, 5.74) is 10.3. The van der Waals surface area contributed by atoms with Crippen LogP contribution in [0.2, 0.25) is 0 Å². The Hall–Kier alpha value is -3.64. The molecule has 0 spiro atoms. The highest BCUT2D eigenvalue weighted by Gasteiger charge is 2.35. The van der Waals surface area contributed by atoms with Crippen molar-refractivity contribution in [2.24, 2.45) is 0 Å². The lowest BCUT2D eigenvalue weighted by molar-refractivity contribution is 0.0665. The van der Waals surface area contributed by atoms with Crippen molar-refractivity contribution in [1.29, 1.82) is 0 Å². The second-order valence-corrected chi connectivity index (χ2v) is 9.88. The van der Waals surface area contributed by atoms with Crippen LogP contribution in [-0.2, 0) is 19.4 Å². The summed E-state index contributed by atoms with van der Waals surface area (Å²) in [6, 6.07) is 22.9. The topological polar surface area (TPSA) is 64.2 Å². The maximum Gasteiger partial charge on any atom is 0.256 e. The van der Waals surface area contributed by atoms with Crippen LogP contribution in [-0.4, -0.2) is 26.9 Å². The van der Waals surface area contributed by atoms with Gasteiger partial charge in [-0.2, -0.15) is 0 Å². The number of carbonyl (C=O) groups is 1. The molecule has 0 bridgehead atoms. The van der Waals surface area contributed by atoms with Gasteiger partial charge in [-0.25, -0.2) is 4.98 Å². The minimum atomic E-state index is -0.0967. The molecule has 6 heteroatoms. The second kappa shape index (κ2) is 8.29. The van der Waals surface area contributed by atoms with E-state index >= 15 is 0 Å². The Morgan fingerprint density at radius 1 is 1.06 bits per heavy atom. The Kier molecular flexibility index (Phi) is 5.11. The van der Waals surface area contributed by atoms with Crippen molar-refractivity contribution < 1.29 is 4.79 Å². The average molecular weight is 467 g/mol. The van der Waals surface area contributed by atoms with Crippen molar-refractivity contribution in [3.63, 3.8) is 0 Å². The molecule has 34 heavy (non-hydrogen) atoms. The smallest absolute Gasteiger partial charge is 0.256 e. The van der Waals surface area contributed by atoms with Gasteiger partial charge in [0.2, 0.25) is 0 Å². The van der Waals surface area contributed by atoms with E-state index in [1.54, 1.807) is 0 Å². The standard InChI is InChI=1S/C28H26N4OS/c1-2-31-17-22(21-12-5-6-13-24(21)31)27(33)32-15-14-23-26(34-28(29)30-23)25(32)16-19-10-7-9-18-8-3-4-11-20(18)19/h3-13,17,25H,2,14-16H2,1H3,(H2,29,30). The number of nitrogens with two attached hydrogens (primary N) is 1. The van der Waals surface area contributed by atoms with Crippen LogP contribution in [0, 0.1) is 0 Å². The lowest BCUT2D eigenvalue weighted by Gasteiger charge is -2.35. The van der Waals surface area contributed by atoms with Gasteiger partial charge in [0, 0.05) is 36.6 Å². The van der Waals surface area contributed by atoms with E-state index in [2.05, 4.69) is 71.1 Å². The van der Waals surface area contributed by atoms with Crippen molar-refractivity contribution in [2.45, 2.75) is 32.4 Å². The second-order valence-electron chi connectivity index (χ2n) is 8.82. The normalized spacial score (nSPS) is 15.7. The fraction of sp³-hybridized carbons (Fsp3) is 0.214. The summed E-state index contributed by atoms with van der Waals surface area (Å²) in [5.74, 6) is 0.0752. The number of nitrogens with zero attached hydrogens (tertiary/aromatic N) is 3. The molecule has 3 aromatic carbocycles. The third-order valence-electron chi connectivity index (χ3n) is 6.93. The van der Waals surface area contributed by atoms with Gasteiger partial charge >= 0.3 is 0 Å². The number of para-hydroxylation sites is 1. The molecule has 1 atom stereocenters. The molecule has 0 saturated carbocycles. The molecule has 1 amide bonds. The quantitative estimate of drug-likeness (QED) is 0.362. The van der Waals surface area contributed by atoms with Gasteiger partial charge in [-0.05, 0) is 35.7 Å². The first-order chi connectivity index (χ1) is 16.6. The Balaban J connectivity index is 1.45. The first-order valence-corrected chi connectivity index (χ1v) is 12.6. The van der Waals surface area contributed by atoms with Gasteiger partial charge in [0.1, 0.15) is 0 Å². The molecule has 5 aromatic rings. The third kappa shape index (κ3) is 3.37. The maximum atomic E-state index is 14.1. The van der Waals surface area contributed by atoms with E-state index in [1.807, 2.05) is 23.2 Å². The molecule has 2 N–H and O–H groups in total. The minimum Gasteiger partial charge on any atom is -0.375 e. The van der Waals surface area contributed by atoms with Crippen molar-refractivity contribution >= 4 is 44.1 Å². The largest absolute Gasteiger partial charge is 0.375 e. The number of fused-ring (bicyclic) bond motifs is 3. The van der Waals surface area contributed by atoms with Crippen LogP contribution >= 0.6 is 11.3 Å². The number of anilines is 1. The van der Waals surface area contributed by atoms with E-state index in [1.165, 1.54) is 27.7 Å². The molecule has 0 aliphatic carbocycles. The van der Waals surface area contributed by atoms with Gasteiger partial charge in [-0.1, -0.05) is 72.0 Å². The predicted molar refractivity (Wildman–Crippen MR) is 139 cm³/mol. The van der Waals surface area contributed by atoms with Crippen LogP contribution in [0.15, 0.2) is 72.9 Å². The van der Waals surface area contributed by atoms with E-state index in [0.29, 0.717) is 11.7 Å². The molecule has 170 valence electrons. The van der Waals surface area contributed by atoms with E-state index in [0.717, 1.165) is 46.4 Å². The van der Waals surface area contributed by atoms with Crippen LogP contribution in [0.3, 0.4) is 0 Å². The lowest BCUT2D eigenvalue weighted by Crippen LogP contribution is -2.40. The van der Waals surface area contributed by atoms with Gasteiger partial charge in [-0.3, -0.25) is 4.79 Å². The molecule has 3 heterocycles. The Bertz CT molecular complexity index is 1530. The number of hydrogen-bond acceptors (Lipinski definition) is 4. The zero-order valence-electron chi connectivity index (χ0n) is 19.1. The summed E-state index contributed by atoms with van der Waals surface area (Å²) < 4.78 is 2.16. The summed E-state index contributed by atoms with van der Waals surface area (Å²) in [4.78, 5) is 21.8. The van der Waals surface area contributed by atoms with Crippen LogP contribution in [0.1, 0.15) is 39.5 Å². The molecular weight excluding hydrogens is 440 g/mol. The summed E-state index contributed by atoms with van der Waals surface area (Å²) >= 11 is 1.52. The first kappa shape index (κ1) is 20.9. The van der Waals surface area contributed by atoms with E-state index in [4.69, 9.17) is 5.73 Å².